The molecule has 6 aromatic rings. The predicted molar refractivity (Wildman–Crippen MR) is 332 cm³/mol. The maximum atomic E-state index is 2.52. The predicted octanol–water partition coefficient (Wildman–Crippen LogP) is 21.3. The first-order valence-corrected chi connectivity index (χ1v) is 34.6. The van der Waals surface area contributed by atoms with Crippen LogP contribution >= 0.6 is 0 Å². The van der Waals surface area contributed by atoms with Crippen LogP contribution in [0.3, 0.4) is 0 Å². The molecule has 0 radical (unpaired) electrons. The van der Waals surface area contributed by atoms with E-state index >= 15 is 0 Å². The maximum absolute atomic E-state index is 2.52. The van der Waals surface area contributed by atoms with Crippen molar-refractivity contribution >= 4 is 28.3 Å². The van der Waals surface area contributed by atoms with Gasteiger partial charge in [-0.15, -0.1) is 0 Å². The molecule has 6 aromatic carbocycles. The lowest BCUT2D eigenvalue weighted by Crippen LogP contribution is -2.37. The summed E-state index contributed by atoms with van der Waals surface area (Å²) in [6, 6.07) is 67.5. The summed E-state index contributed by atoms with van der Waals surface area (Å²) < 4.78 is 0. The zero-order chi connectivity index (χ0) is 53.9. The Hall–Kier alpha value is -3.62. The third-order valence-electron chi connectivity index (χ3n) is 19.9. The van der Waals surface area contributed by atoms with Crippen LogP contribution in [0.2, 0.25) is 31.7 Å². The van der Waals surface area contributed by atoms with Crippen molar-refractivity contribution in [1.82, 2.24) is 0 Å². The molecule has 0 spiro atoms. The van der Waals surface area contributed by atoms with Crippen molar-refractivity contribution in [3.05, 3.63) is 215 Å². The van der Waals surface area contributed by atoms with Gasteiger partial charge in [-0.2, -0.15) is 0 Å². The van der Waals surface area contributed by atoms with E-state index in [4.69, 9.17) is 0 Å². The lowest BCUT2D eigenvalue weighted by atomic mass is 9.75. The summed E-state index contributed by atoms with van der Waals surface area (Å²) in [6.07, 6.45) is 3.86. The second-order valence-electron chi connectivity index (χ2n) is 25.2. The standard InChI is InChI=1S/6C12H17.2Al/c3*1-10(2)12(3,4)11-8-6-5-7-9-11;3*1-4-10(2)11(3)12-8-6-5-7-9-12;;/h3*5-10H,1H2,2-4H3;3*5-11H,2,4H2,1,3H3;;. The van der Waals surface area contributed by atoms with Gasteiger partial charge < -0.3 is 0 Å². The molecule has 0 bridgehead atoms. The maximum Gasteiger partial charge on any atom is 0.262 e. The molecule has 0 nitrogen and oxygen atoms in total. The molecule has 0 fully saturated rings. The van der Waals surface area contributed by atoms with E-state index in [9.17, 15) is 0 Å². The van der Waals surface area contributed by atoms with Gasteiger partial charge >= 0.3 is 0 Å². The molecule has 2 heteroatoms. The van der Waals surface area contributed by atoms with Crippen molar-refractivity contribution in [1.29, 1.82) is 0 Å². The minimum atomic E-state index is -1.08. The summed E-state index contributed by atoms with van der Waals surface area (Å²) in [7, 11) is 0. The highest BCUT2D eigenvalue weighted by Gasteiger charge is 2.39. The van der Waals surface area contributed by atoms with Gasteiger partial charge in [-0.1, -0.05) is 337 Å². The van der Waals surface area contributed by atoms with Gasteiger partial charge in [-0.05, 0) is 103 Å². The molecule has 0 aliphatic carbocycles. The Balaban J connectivity index is 0.000000274. The van der Waals surface area contributed by atoms with Crippen LogP contribution in [0.5, 0.6) is 0 Å². The fourth-order valence-corrected chi connectivity index (χ4v) is 23.7. The van der Waals surface area contributed by atoms with Gasteiger partial charge in [0.05, 0.1) is 0 Å². The summed E-state index contributed by atoms with van der Waals surface area (Å²) >= 11 is -2.08. The summed E-state index contributed by atoms with van der Waals surface area (Å²) in [5, 5.41) is 8.61. The van der Waals surface area contributed by atoms with E-state index in [0.29, 0.717) is 35.5 Å². The fourth-order valence-electron chi connectivity index (χ4n) is 13.0. The van der Waals surface area contributed by atoms with Crippen LogP contribution in [-0.2, 0) is 16.2 Å². The molecular weight excluding hydrogens is 919 g/mol. The molecule has 0 saturated heterocycles. The lowest BCUT2D eigenvalue weighted by molar-refractivity contribution is 0.344. The highest BCUT2D eigenvalue weighted by molar-refractivity contribution is 6.59. The smallest absolute Gasteiger partial charge is 0.0904 e. The molecule has 0 aliphatic rings. The minimum absolute atomic E-state index is 0.183. The van der Waals surface area contributed by atoms with Crippen molar-refractivity contribution in [2.45, 2.75) is 189 Å². The van der Waals surface area contributed by atoms with Crippen LogP contribution in [0.15, 0.2) is 182 Å². The molecule has 74 heavy (non-hydrogen) atoms. The van der Waals surface area contributed by atoms with Gasteiger partial charge in [0.1, 0.15) is 0 Å². The first-order valence-electron chi connectivity index (χ1n) is 29.7. The highest BCUT2D eigenvalue weighted by atomic mass is 27.2. The monoisotopic (exact) mass is 1020 g/mol. The largest absolute Gasteiger partial charge is 0.262 e. The molecule has 9 atom stereocenters. The molecule has 0 N–H and O–H groups in total. The molecule has 0 aliphatic heterocycles. The third kappa shape index (κ3) is 17.2. The van der Waals surface area contributed by atoms with Crippen LogP contribution in [0.4, 0.5) is 0 Å². The van der Waals surface area contributed by atoms with E-state index in [2.05, 4.69) is 286 Å². The van der Waals surface area contributed by atoms with Gasteiger partial charge in [0.15, 0.2) is 0 Å². The van der Waals surface area contributed by atoms with E-state index in [1.54, 1.807) is 0 Å². The Kier molecular flexibility index (Phi) is 24.6. The third-order valence-corrected chi connectivity index (χ3v) is 27.8. The molecular formula is C72H102Al2. The van der Waals surface area contributed by atoms with Crippen LogP contribution in [0, 0.1) is 35.5 Å². The zero-order valence-corrected chi connectivity index (χ0v) is 51.8. The van der Waals surface area contributed by atoms with E-state index in [1.807, 2.05) is 0 Å². The van der Waals surface area contributed by atoms with Crippen LogP contribution in [0.1, 0.15) is 174 Å². The van der Waals surface area contributed by atoms with Crippen LogP contribution in [0.25, 0.3) is 0 Å². The molecule has 9 unspecified atom stereocenters. The van der Waals surface area contributed by atoms with Crippen molar-refractivity contribution in [2.75, 3.05) is 0 Å². The second-order valence-corrected chi connectivity index (χ2v) is 31.5. The molecule has 0 aromatic heterocycles. The van der Waals surface area contributed by atoms with E-state index in [0.717, 1.165) is 17.8 Å². The van der Waals surface area contributed by atoms with Gasteiger partial charge in [0, 0.05) is 0 Å². The number of hydrogen-bond acceptors (Lipinski definition) is 0. The summed E-state index contributed by atoms with van der Waals surface area (Å²) in [5.74, 6) is 6.25. The average molecular weight is 1020 g/mol. The Labute approximate surface area is 464 Å². The Morgan fingerprint density at radius 2 is 0.473 bits per heavy atom. The SMILES string of the molecule is CC([CH2][Al]([CH2]C(C)C(C)(C)c1ccccc1)[CH2]C(C)C(C)(C)c1ccccc1)C(C)(C)c1ccccc1.CCC([CH2][Al]([CH2]C(CC)C(C)c1ccccc1)[CH2]C(CC)C(C)c1ccccc1)C(C)c1ccccc1. The zero-order valence-electron chi connectivity index (χ0n) is 49.5. The first kappa shape index (κ1) is 61.2. The summed E-state index contributed by atoms with van der Waals surface area (Å²) in [5.41, 5.74) is 9.56. The average Bonchev–Trinajstić information content (AvgIpc) is 3.43. The van der Waals surface area contributed by atoms with Gasteiger partial charge in [0.25, 0.3) is 28.3 Å². The molecule has 6 rings (SSSR count). The Morgan fingerprint density at radius 1 is 0.284 bits per heavy atom. The van der Waals surface area contributed by atoms with Crippen molar-refractivity contribution < 1.29 is 0 Å². The summed E-state index contributed by atoms with van der Waals surface area (Å²) in [4.78, 5) is 0. The lowest BCUT2D eigenvalue weighted by Gasteiger charge is -2.39. The first-order chi connectivity index (χ1) is 35.3. The topological polar surface area (TPSA) is 0 Å². The van der Waals surface area contributed by atoms with E-state index in [1.165, 1.54) is 84.3 Å². The second kappa shape index (κ2) is 29.8. The number of benzene rings is 6. The fraction of sp³-hybridized carbons (Fsp3) is 0.500. The van der Waals surface area contributed by atoms with E-state index in [-0.39, 0.29) is 16.2 Å². The summed E-state index contributed by atoms with van der Waals surface area (Å²) in [6.45, 7) is 37.1. The molecule has 0 saturated carbocycles. The normalized spacial score (nSPS) is 15.8. The van der Waals surface area contributed by atoms with Gasteiger partial charge in [-0.3, -0.25) is 0 Å². The van der Waals surface area contributed by atoms with E-state index < -0.39 is 28.3 Å². The molecule has 396 valence electrons. The van der Waals surface area contributed by atoms with Crippen LogP contribution < -0.4 is 0 Å². The van der Waals surface area contributed by atoms with Crippen molar-refractivity contribution in [3.8, 4) is 0 Å². The Bertz CT molecular complexity index is 2110. The van der Waals surface area contributed by atoms with Crippen molar-refractivity contribution in [3.63, 3.8) is 0 Å². The van der Waals surface area contributed by atoms with Crippen molar-refractivity contribution in [2.24, 2.45) is 35.5 Å². The number of hydrogen-bond donors (Lipinski definition) is 0. The Morgan fingerprint density at radius 3 is 0.676 bits per heavy atom. The molecule has 0 heterocycles. The minimum Gasteiger partial charge on any atom is -0.0904 e. The van der Waals surface area contributed by atoms with Gasteiger partial charge in [-0.25, -0.2) is 0 Å². The van der Waals surface area contributed by atoms with Crippen LogP contribution in [-0.4, -0.2) is 28.3 Å². The highest BCUT2D eigenvalue weighted by Crippen LogP contribution is 2.44. The molecule has 0 amide bonds. The van der Waals surface area contributed by atoms with Gasteiger partial charge in [0.2, 0.25) is 0 Å². The number of rotatable bonds is 27. The quantitative estimate of drug-likeness (QED) is 0.0451.